The molecule has 1 atom stereocenters. The molecule has 172 valence electrons. The number of morpholine rings is 1. The molecule has 0 radical (unpaired) electrons. The molecule has 0 unspecified atom stereocenters. The first-order chi connectivity index (χ1) is 14.7. The van der Waals surface area contributed by atoms with Crippen LogP contribution in [-0.2, 0) is 19.6 Å². The van der Waals surface area contributed by atoms with Crippen LogP contribution in [0.4, 0.5) is 4.39 Å². The Kier molecular flexibility index (Phi) is 7.66. The summed E-state index contributed by atoms with van der Waals surface area (Å²) in [7, 11) is -3.36. The number of sulfonamides is 1. The zero-order valence-corrected chi connectivity index (χ0v) is 18.7. The molecule has 0 spiro atoms. The van der Waals surface area contributed by atoms with Crippen molar-refractivity contribution in [2.24, 2.45) is 5.92 Å². The highest BCUT2D eigenvalue weighted by molar-refractivity contribution is 7.89. The van der Waals surface area contributed by atoms with Crippen molar-refractivity contribution < 1.29 is 27.1 Å². The quantitative estimate of drug-likeness (QED) is 0.696. The third-order valence-corrected chi connectivity index (χ3v) is 8.18. The van der Waals surface area contributed by atoms with Gasteiger partial charge in [0.2, 0.25) is 15.9 Å². The topological polar surface area (TPSA) is 96.0 Å². The SMILES string of the molecule is CC(C)S(=O)(=O)N1CCC([C@@H](NC(=O)c2ccc(F)cc2)C(=O)N2CCOCC2)CC1. The van der Waals surface area contributed by atoms with E-state index in [1.54, 1.807) is 18.7 Å². The van der Waals surface area contributed by atoms with Gasteiger partial charge in [-0.3, -0.25) is 9.59 Å². The van der Waals surface area contributed by atoms with Gasteiger partial charge in [0, 0.05) is 31.7 Å². The smallest absolute Gasteiger partial charge is 0.251 e. The first-order valence-corrected chi connectivity index (χ1v) is 12.1. The van der Waals surface area contributed by atoms with Gasteiger partial charge in [-0.1, -0.05) is 0 Å². The average Bonchev–Trinajstić information content (AvgIpc) is 2.78. The number of carbonyl (C=O) groups is 2. The van der Waals surface area contributed by atoms with Gasteiger partial charge >= 0.3 is 0 Å². The van der Waals surface area contributed by atoms with Crippen LogP contribution in [0.2, 0.25) is 0 Å². The normalized spacial score (nSPS) is 19.9. The molecule has 1 aromatic rings. The first-order valence-electron chi connectivity index (χ1n) is 10.6. The molecule has 2 amide bonds. The predicted molar refractivity (Wildman–Crippen MR) is 113 cm³/mol. The molecule has 0 aliphatic carbocycles. The van der Waals surface area contributed by atoms with Crippen LogP contribution in [0.5, 0.6) is 0 Å². The maximum Gasteiger partial charge on any atom is 0.251 e. The molecular weight excluding hydrogens is 425 g/mol. The van der Waals surface area contributed by atoms with Gasteiger partial charge in [-0.05, 0) is 56.9 Å². The van der Waals surface area contributed by atoms with Crippen molar-refractivity contribution in [3.8, 4) is 0 Å². The van der Waals surface area contributed by atoms with Gasteiger partial charge < -0.3 is 15.0 Å². The van der Waals surface area contributed by atoms with Gasteiger partial charge in [-0.25, -0.2) is 17.1 Å². The van der Waals surface area contributed by atoms with E-state index in [2.05, 4.69) is 5.32 Å². The summed E-state index contributed by atoms with van der Waals surface area (Å²) in [5.74, 6) is -1.29. The summed E-state index contributed by atoms with van der Waals surface area (Å²) >= 11 is 0. The summed E-state index contributed by atoms with van der Waals surface area (Å²) in [5, 5.41) is 2.33. The number of amides is 2. The Labute approximate surface area is 182 Å². The van der Waals surface area contributed by atoms with E-state index in [1.807, 2.05) is 0 Å². The maximum atomic E-state index is 13.3. The molecule has 1 aromatic carbocycles. The van der Waals surface area contributed by atoms with Crippen LogP contribution in [0, 0.1) is 11.7 Å². The third kappa shape index (κ3) is 5.61. The fraction of sp³-hybridized carbons (Fsp3) is 0.619. The second-order valence-corrected chi connectivity index (χ2v) is 10.7. The number of carbonyl (C=O) groups excluding carboxylic acids is 2. The zero-order valence-electron chi connectivity index (χ0n) is 17.9. The number of hydrogen-bond donors (Lipinski definition) is 1. The van der Waals surface area contributed by atoms with Crippen LogP contribution in [0.3, 0.4) is 0 Å². The Balaban J connectivity index is 1.75. The van der Waals surface area contributed by atoms with Gasteiger partial charge in [0.15, 0.2) is 0 Å². The van der Waals surface area contributed by atoms with E-state index in [4.69, 9.17) is 4.74 Å². The van der Waals surface area contributed by atoms with E-state index in [0.717, 1.165) is 0 Å². The Morgan fingerprint density at radius 3 is 2.19 bits per heavy atom. The molecule has 2 saturated heterocycles. The largest absolute Gasteiger partial charge is 0.378 e. The number of hydrogen-bond acceptors (Lipinski definition) is 5. The monoisotopic (exact) mass is 455 g/mol. The lowest BCUT2D eigenvalue weighted by Crippen LogP contribution is -2.56. The summed E-state index contributed by atoms with van der Waals surface area (Å²) in [6, 6.07) is 4.36. The second-order valence-electron chi connectivity index (χ2n) is 8.23. The summed E-state index contributed by atoms with van der Waals surface area (Å²) in [4.78, 5) is 27.7. The van der Waals surface area contributed by atoms with Crippen LogP contribution >= 0.6 is 0 Å². The molecular formula is C21H30FN3O5S. The highest BCUT2D eigenvalue weighted by atomic mass is 32.2. The molecule has 2 fully saturated rings. The minimum atomic E-state index is -3.36. The predicted octanol–water partition coefficient (Wildman–Crippen LogP) is 1.23. The number of ether oxygens (including phenoxy) is 1. The van der Waals surface area contributed by atoms with Gasteiger partial charge in [0.25, 0.3) is 5.91 Å². The molecule has 31 heavy (non-hydrogen) atoms. The van der Waals surface area contributed by atoms with E-state index in [0.29, 0.717) is 52.2 Å². The van der Waals surface area contributed by atoms with Crippen LogP contribution < -0.4 is 5.32 Å². The van der Waals surface area contributed by atoms with E-state index < -0.39 is 33.0 Å². The van der Waals surface area contributed by atoms with E-state index in [9.17, 15) is 22.4 Å². The molecule has 2 aliphatic rings. The Bertz CT molecular complexity index is 877. The van der Waals surface area contributed by atoms with E-state index in [-0.39, 0.29) is 17.4 Å². The maximum absolute atomic E-state index is 13.3. The number of benzene rings is 1. The summed E-state index contributed by atoms with van der Waals surface area (Å²) in [5.41, 5.74) is 0.265. The molecule has 3 rings (SSSR count). The summed E-state index contributed by atoms with van der Waals surface area (Å²) in [6.07, 6.45) is 0.937. The van der Waals surface area contributed by atoms with Crippen molar-refractivity contribution in [1.82, 2.24) is 14.5 Å². The van der Waals surface area contributed by atoms with Crippen LogP contribution in [0.1, 0.15) is 37.0 Å². The van der Waals surface area contributed by atoms with Crippen molar-refractivity contribution >= 4 is 21.8 Å². The van der Waals surface area contributed by atoms with E-state index >= 15 is 0 Å². The third-order valence-electron chi connectivity index (χ3n) is 5.91. The van der Waals surface area contributed by atoms with Crippen molar-refractivity contribution in [1.29, 1.82) is 0 Å². The van der Waals surface area contributed by atoms with Crippen LogP contribution in [-0.4, -0.2) is 80.1 Å². The number of nitrogens with one attached hydrogen (secondary N) is 1. The molecule has 1 N–H and O–H groups in total. The average molecular weight is 456 g/mol. The fourth-order valence-corrected chi connectivity index (χ4v) is 5.27. The van der Waals surface area contributed by atoms with Crippen molar-refractivity contribution in [3.63, 3.8) is 0 Å². The number of nitrogens with zero attached hydrogens (tertiary/aromatic N) is 2. The first kappa shape index (κ1) is 23.6. The second kappa shape index (κ2) is 10.1. The van der Waals surface area contributed by atoms with Crippen LogP contribution in [0.25, 0.3) is 0 Å². The van der Waals surface area contributed by atoms with Crippen molar-refractivity contribution in [3.05, 3.63) is 35.6 Å². The van der Waals surface area contributed by atoms with Gasteiger partial charge in [0.1, 0.15) is 11.9 Å². The Morgan fingerprint density at radius 2 is 1.65 bits per heavy atom. The molecule has 0 saturated carbocycles. The Hall–Kier alpha value is -2.04. The molecule has 10 heteroatoms. The number of piperidine rings is 1. The molecule has 0 bridgehead atoms. The minimum Gasteiger partial charge on any atom is -0.378 e. The van der Waals surface area contributed by atoms with Gasteiger partial charge in [-0.15, -0.1) is 0 Å². The molecule has 0 aromatic heterocycles. The Morgan fingerprint density at radius 1 is 1.06 bits per heavy atom. The lowest BCUT2D eigenvalue weighted by atomic mass is 9.89. The van der Waals surface area contributed by atoms with Crippen molar-refractivity contribution in [2.45, 2.75) is 38.0 Å². The van der Waals surface area contributed by atoms with Crippen LogP contribution in [0.15, 0.2) is 24.3 Å². The zero-order chi connectivity index (χ0) is 22.6. The highest BCUT2D eigenvalue weighted by Crippen LogP contribution is 2.26. The lowest BCUT2D eigenvalue weighted by Gasteiger charge is -2.38. The molecule has 8 nitrogen and oxygen atoms in total. The standard InChI is InChI=1S/C21H30FN3O5S/c1-15(2)31(28,29)25-9-7-16(8-10-25)19(21(27)24-11-13-30-14-12-24)23-20(26)17-3-5-18(22)6-4-17/h3-6,15-16,19H,7-14H2,1-2H3,(H,23,26)/t19-/m1/s1. The molecule has 2 aliphatic heterocycles. The van der Waals surface area contributed by atoms with E-state index in [1.165, 1.54) is 28.6 Å². The minimum absolute atomic E-state index is 0.191. The summed E-state index contributed by atoms with van der Waals surface area (Å²) in [6.45, 7) is 5.69. The highest BCUT2D eigenvalue weighted by Gasteiger charge is 2.38. The fourth-order valence-electron chi connectivity index (χ4n) is 3.95. The number of halogens is 1. The molecule has 2 heterocycles. The van der Waals surface area contributed by atoms with Gasteiger partial charge in [-0.2, -0.15) is 0 Å². The van der Waals surface area contributed by atoms with Gasteiger partial charge in [0.05, 0.1) is 18.5 Å². The lowest BCUT2D eigenvalue weighted by molar-refractivity contribution is -0.139. The van der Waals surface area contributed by atoms with Crippen molar-refractivity contribution in [2.75, 3.05) is 39.4 Å². The number of rotatable bonds is 6. The summed E-state index contributed by atoms with van der Waals surface area (Å²) < 4.78 is 44.9.